The van der Waals surface area contributed by atoms with Gasteiger partial charge in [-0.2, -0.15) is 0 Å². The van der Waals surface area contributed by atoms with Crippen molar-refractivity contribution in [3.8, 4) is 0 Å². The van der Waals surface area contributed by atoms with E-state index in [9.17, 15) is 0 Å². The number of hydrogen-bond acceptors (Lipinski definition) is 0. The molecular weight excluding hydrogens is 393 g/mol. The number of fused-ring (bicyclic) bond motifs is 1. The maximum absolute atomic E-state index is 2.66. The van der Waals surface area contributed by atoms with Gasteiger partial charge in [0.1, 0.15) is 0 Å². The first-order valence-corrected chi connectivity index (χ1v) is 11.9. The van der Waals surface area contributed by atoms with Gasteiger partial charge in [-0.05, 0) is 0 Å². The van der Waals surface area contributed by atoms with Crippen molar-refractivity contribution >= 4 is 36.4 Å². The van der Waals surface area contributed by atoms with Crippen molar-refractivity contribution in [2.75, 3.05) is 0 Å². The van der Waals surface area contributed by atoms with E-state index in [0.717, 1.165) is 0 Å². The molecule has 0 bridgehead atoms. The van der Waals surface area contributed by atoms with Gasteiger partial charge in [-0.25, -0.2) is 0 Å². The zero-order valence-electron chi connectivity index (χ0n) is 16.4. The Labute approximate surface area is 169 Å². The molecule has 0 fully saturated rings. The fourth-order valence-corrected chi connectivity index (χ4v) is 6.48. The van der Waals surface area contributed by atoms with E-state index >= 15 is 0 Å². The molecule has 0 aliphatic carbocycles. The summed E-state index contributed by atoms with van der Waals surface area (Å²) < 4.78 is 4.17. The van der Waals surface area contributed by atoms with Gasteiger partial charge < -0.3 is 0 Å². The molecule has 4 rings (SSSR count). The zero-order valence-corrected chi connectivity index (χ0v) is 18.1. The first-order chi connectivity index (χ1) is 13.0. The van der Waals surface area contributed by atoms with Crippen LogP contribution in [0.15, 0.2) is 72.8 Å². The third-order valence-corrected chi connectivity index (χ3v) is 8.02. The summed E-state index contributed by atoms with van der Waals surface area (Å²) in [6.07, 6.45) is 3.75. The average molecular weight is 421 g/mol. The number of benzene rings is 3. The van der Waals surface area contributed by atoms with Crippen LogP contribution in [-0.4, -0.2) is 31.8 Å². The van der Waals surface area contributed by atoms with Crippen molar-refractivity contribution in [3.05, 3.63) is 78.4 Å². The van der Waals surface area contributed by atoms with Gasteiger partial charge in [0.25, 0.3) is 0 Å². The van der Waals surface area contributed by atoms with Crippen molar-refractivity contribution in [3.63, 3.8) is 0 Å². The van der Waals surface area contributed by atoms with Crippen molar-refractivity contribution in [1.29, 1.82) is 0 Å². The summed E-state index contributed by atoms with van der Waals surface area (Å²) in [6, 6.07) is 27.5. The van der Waals surface area contributed by atoms with Crippen LogP contribution in [0.2, 0.25) is 5.32 Å². The van der Waals surface area contributed by atoms with Crippen LogP contribution in [0, 0.1) is 5.41 Å². The second kappa shape index (κ2) is 7.62. The van der Waals surface area contributed by atoms with Gasteiger partial charge in [0.15, 0.2) is 0 Å². The normalized spacial score (nSPS) is 19.8. The van der Waals surface area contributed by atoms with Crippen LogP contribution < -0.4 is 4.46 Å². The van der Waals surface area contributed by atoms with E-state index in [1.807, 2.05) is 0 Å². The topological polar surface area (TPSA) is 3.01 Å². The molecule has 3 aromatic carbocycles. The molecule has 1 heterocycles. The Hall–Kier alpha value is -1.89. The van der Waals surface area contributed by atoms with Crippen LogP contribution in [0.5, 0.6) is 0 Å². The van der Waals surface area contributed by atoms with Gasteiger partial charge >= 0.3 is 169 Å². The molecule has 0 saturated carbocycles. The van der Waals surface area contributed by atoms with Gasteiger partial charge in [-0.3, -0.25) is 0 Å². The maximum atomic E-state index is 2.66. The first kappa shape index (κ1) is 18.5. The monoisotopic (exact) mass is 422 g/mol. The van der Waals surface area contributed by atoms with E-state index in [-0.39, 0.29) is 5.41 Å². The molecule has 0 N–H and O–H groups in total. The molecule has 1 aliphatic heterocycles. The van der Waals surface area contributed by atoms with Gasteiger partial charge in [0.2, 0.25) is 0 Å². The van der Waals surface area contributed by atoms with Gasteiger partial charge in [0.05, 0.1) is 0 Å². The first-order valence-electron chi connectivity index (χ1n) is 9.82. The summed E-state index contributed by atoms with van der Waals surface area (Å²) in [5.41, 5.74) is 1.72. The minimum atomic E-state index is 0.274. The van der Waals surface area contributed by atoms with Crippen LogP contribution >= 0.6 is 0 Å². The van der Waals surface area contributed by atoms with Crippen molar-refractivity contribution < 1.29 is 4.58 Å². The molecule has 27 heavy (non-hydrogen) atoms. The van der Waals surface area contributed by atoms with E-state index in [1.54, 1.807) is 0 Å². The fourth-order valence-electron chi connectivity index (χ4n) is 4.33. The average Bonchev–Trinajstić information content (AvgIpc) is 3.01. The molecule has 138 valence electrons. The standard InChI is InChI=1S/C25H28NSe/c1-19(23-15-9-11-20-10-7-8-14-24(20)23)26-18-25(2,3)16-21(26)17-27-22-12-5-4-6-13-22/h4-15,18-19,21H,16-17H2,1-3H3/q+1. The molecule has 0 aromatic heterocycles. The van der Waals surface area contributed by atoms with Crippen LogP contribution in [0.1, 0.15) is 38.8 Å². The Morgan fingerprint density at radius 1 is 0.963 bits per heavy atom. The van der Waals surface area contributed by atoms with Crippen LogP contribution in [0.4, 0.5) is 0 Å². The summed E-state index contributed by atoms with van der Waals surface area (Å²) in [4.78, 5) is 0. The van der Waals surface area contributed by atoms with Gasteiger partial charge in [0, 0.05) is 0 Å². The number of rotatable bonds is 5. The SMILES string of the molecule is CC(c1cccc2ccccc12)[N+]1=CC(C)(C)CC1C[Se]c1ccccc1. The molecule has 2 unspecified atom stereocenters. The quantitative estimate of drug-likeness (QED) is 0.392. The van der Waals surface area contributed by atoms with Crippen LogP contribution in [0.3, 0.4) is 0 Å². The number of hydrogen-bond donors (Lipinski definition) is 0. The molecular formula is C25H28NSe+. The van der Waals surface area contributed by atoms with Crippen LogP contribution in [-0.2, 0) is 0 Å². The Kier molecular flexibility index (Phi) is 5.21. The van der Waals surface area contributed by atoms with Gasteiger partial charge in [-0.15, -0.1) is 0 Å². The Balaban J connectivity index is 1.62. The Morgan fingerprint density at radius 2 is 1.67 bits per heavy atom. The predicted octanol–water partition coefficient (Wildman–Crippen LogP) is 5.23. The molecule has 0 saturated heterocycles. The summed E-state index contributed by atoms with van der Waals surface area (Å²) in [5.74, 6) is 0. The summed E-state index contributed by atoms with van der Waals surface area (Å²) in [5, 5.41) is 4.00. The summed E-state index contributed by atoms with van der Waals surface area (Å²) >= 11 is 0.525. The van der Waals surface area contributed by atoms with E-state index in [2.05, 4.69) is 104 Å². The van der Waals surface area contributed by atoms with Crippen molar-refractivity contribution in [1.82, 2.24) is 0 Å². The third kappa shape index (κ3) is 4.03. The molecule has 0 spiro atoms. The Bertz CT molecular complexity index is 953. The molecule has 1 nitrogen and oxygen atoms in total. The van der Waals surface area contributed by atoms with Gasteiger partial charge in [-0.1, -0.05) is 0 Å². The second-order valence-corrected chi connectivity index (χ2v) is 10.6. The van der Waals surface area contributed by atoms with E-state index in [1.165, 1.54) is 32.5 Å². The van der Waals surface area contributed by atoms with E-state index in [0.29, 0.717) is 27.0 Å². The fraction of sp³-hybridized carbons (Fsp3) is 0.320. The summed E-state index contributed by atoms with van der Waals surface area (Å²) in [6.45, 7) is 7.14. The predicted molar refractivity (Wildman–Crippen MR) is 118 cm³/mol. The van der Waals surface area contributed by atoms with E-state index in [4.69, 9.17) is 0 Å². The minimum absolute atomic E-state index is 0.274. The molecule has 3 aromatic rings. The van der Waals surface area contributed by atoms with Crippen molar-refractivity contribution in [2.24, 2.45) is 5.41 Å². The Morgan fingerprint density at radius 3 is 2.48 bits per heavy atom. The molecule has 0 amide bonds. The molecule has 1 aliphatic rings. The van der Waals surface area contributed by atoms with Crippen LogP contribution in [0.25, 0.3) is 10.8 Å². The zero-order chi connectivity index (χ0) is 18.9. The third-order valence-electron chi connectivity index (χ3n) is 5.59. The summed E-state index contributed by atoms with van der Waals surface area (Å²) in [7, 11) is 0. The molecule has 2 heteroatoms. The van der Waals surface area contributed by atoms with Crippen molar-refractivity contribution in [2.45, 2.75) is 44.6 Å². The second-order valence-electron chi connectivity index (χ2n) is 8.29. The number of nitrogens with zero attached hydrogens (tertiary/aromatic N) is 1. The van der Waals surface area contributed by atoms with E-state index < -0.39 is 0 Å². The molecule has 0 radical (unpaired) electrons. The molecule has 2 atom stereocenters.